The van der Waals surface area contributed by atoms with E-state index in [4.69, 9.17) is 5.73 Å². The fourth-order valence-corrected chi connectivity index (χ4v) is 4.10. The van der Waals surface area contributed by atoms with E-state index in [1.807, 2.05) is 0 Å². The van der Waals surface area contributed by atoms with Gasteiger partial charge in [0.05, 0.1) is 4.90 Å². The Kier molecular flexibility index (Phi) is 7.03. The maximum atomic E-state index is 13.2. The van der Waals surface area contributed by atoms with E-state index in [9.17, 15) is 17.6 Å². The molecule has 1 amide bonds. The highest BCUT2D eigenvalue weighted by atomic mass is 35.5. The van der Waals surface area contributed by atoms with Crippen LogP contribution in [-0.2, 0) is 10.0 Å². The van der Waals surface area contributed by atoms with Crippen LogP contribution in [0.5, 0.6) is 0 Å². The molecule has 0 aromatic heterocycles. The SMILES string of the molecule is Cc1cc(F)ccc1S(=O)(=O)Nc1ccc(C(=O)NCC(N)C2CC2)cc1.Cl. The number of nitrogens with one attached hydrogen (secondary N) is 2. The van der Waals surface area contributed by atoms with Crippen LogP contribution < -0.4 is 15.8 Å². The zero-order valence-corrected chi connectivity index (χ0v) is 16.9. The van der Waals surface area contributed by atoms with Gasteiger partial charge >= 0.3 is 0 Å². The summed E-state index contributed by atoms with van der Waals surface area (Å²) >= 11 is 0. The van der Waals surface area contributed by atoms with Crippen LogP contribution in [0.1, 0.15) is 28.8 Å². The lowest BCUT2D eigenvalue weighted by atomic mass is 10.1. The zero-order valence-electron chi connectivity index (χ0n) is 15.3. The van der Waals surface area contributed by atoms with Crippen molar-refractivity contribution in [2.75, 3.05) is 11.3 Å². The van der Waals surface area contributed by atoms with E-state index >= 15 is 0 Å². The van der Waals surface area contributed by atoms with Gasteiger partial charge in [-0.1, -0.05) is 0 Å². The van der Waals surface area contributed by atoms with Gasteiger partial charge in [-0.2, -0.15) is 0 Å². The number of carbonyl (C=O) groups excluding carboxylic acids is 1. The summed E-state index contributed by atoms with van der Waals surface area (Å²) < 4.78 is 40.6. The quantitative estimate of drug-likeness (QED) is 0.632. The Morgan fingerprint density at radius 3 is 2.43 bits per heavy atom. The van der Waals surface area contributed by atoms with Crippen molar-refractivity contribution in [2.24, 2.45) is 11.7 Å². The highest BCUT2D eigenvalue weighted by molar-refractivity contribution is 7.92. The number of aryl methyl sites for hydroxylation is 1. The molecule has 152 valence electrons. The third-order valence-electron chi connectivity index (χ3n) is 4.55. The molecule has 0 bridgehead atoms. The predicted molar refractivity (Wildman–Crippen MR) is 109 cm³/mol. The molecule has 1 fully saturated rings. The minimum Gasteiger partial charge on any atom is -0.350 e. The van der Waals surface area contributed by atoms with E-state index in [-0.39, 0.29) is 29.3 Å². The smallest absolute Gasteiger partial charge is 0.262 e. The Morgan fingerprint density at radius 2 is 1.86 bits per heavy atom. The number of hydrogen-bond donors (Lipinski definition) is 3. The van der Waals surface area contributed by atoms with Crippen LogP contribution in [0.2, 0.25) is 0 Å². The first-order valence-electron chi connectivity index (χ1n) is 8.69. The molecule has 6 nitrogen and oxygen atoms in total. The molecule has 3 rings (SSSR count). The summed E-state index contributed by atoms with van der Waals surface area (Å²) in [6.45, 7) is 1.94. The highest BCUT2D eigenvalue weighted by Crippen LogP contribution is 2.31. The number of nitrogens with two attached hydrogens (primary N) is 1. The van der Waals surface area contributed by atoms with Crippen LogP contribution in [0.15, 0.2) is 47.4 Å². The number of amides is 1. The Balaban J connectivity index is 0.00000280. The summed E-state index contributed by atoms with van der Waals surface area (Å²) in [5.41, 5.74) is 7.00. The molecule has 0 saturated heterocycles. The van der Waals surface area contributed by atoms with Crippen molar-refractivity contribution in [1.29, 1.82) is 0 Å². The number of hydrogen-bond acceptors (Lipinski definition) is 4. The lowest BCUT2D eigenvalue weighted by molar-refractivity contribution is 0.0950. The largest absolute Gasteiger partial charge is 0.350 e. The van der Waals surface area contributed by atoms with Gasteiger partial charge in [0.15, 0.2) is 0 Å². The number of anilines is 1. The van der Waals surface area contributed by atoms with Gasteiger partial charge in [-0.15, -0.1) is 12.4 Å². The predicted octanol–water partition coefficient (Wildman–Crippen LogP) is 2.82. The number of carbonyl (C=O) groups is 1. The first kappa shape index (κ1) is 22.1. The van der Waals surface area contributed by atoms with Gasteiger partial charge < -0.3 is 11.1 Å². The minimum absolute atomic E-state index is 0. The molecule has 9 heteroatoms. The van der Waals surface area contributed by atoms with Crippen LogP contribution >= 0.6 is 12.4 Å². The lowest BCUT2D eigenvalue weighted by Crippen LogP contribution is -2.38. The maximum Gasteiger partial charge on any atom is 0.262 e. The molecule has 0 spiro atoms. The Hall–Kier alpha value is -2.16. The summed E-state index contributed by atoms with van der Waals surface area (Å²) in [7, 11) is -3.85. The van der Waals surface area contributed by atoms with Gasteiger partial charge in [0.25, 0.3) is 15.9 Å². The van der Waals surface area contributed by atoms with Gasteiger partial charge in [0.1, 0.15) is 5.82 Å². The average molecular weight is 428 g/mol. The lowest BCUT2D eigenvalue weighted by Gasteiger charge is -2.13. The zero-order chi connectivity index (χ0) is 19.6. The van der Waals surface area contributed by atoms with Gasteiger partial charge in [0, 0.05) is 23.8 Å². The molecule has 1 unspecified atom stereocenters. The fraction of sp³-hybridized carbons (Fsp3) is 0.316. The number of benzene rings is 2. The monoisotopic (exact) mass is 427 g/mol. The molecule has 1 atom stereocenters. The second-order valence-electron chi connectivity index (χ2n) is 6.80. The molecule has 4 N–H and O–H groups in total. The Labute approximate surface area is 170 Å². The molecule has 0 heterocycles. The van der Waals surface area contributed by atoms with E-state index in [2.05, 4.69) is 10.0 Å². The summed E-state index contributed by atoms with van der Waals surface area (Å²) in [6.07, 6.45) is 2.22. The van der Waals surface area contributed by atoms with E-state index in [1.165, 1.54) is 37.3 Å². The molecular formula is C19H23ClFN3O3S. The third kappa shape index (κ3) is 5.43. The summed E-state index contributed by atoms with van der Waals surface area (Å²) in [6, 6.07) is 9.53. The van der Waals surface area contributed by atoms with Crippen molar-refractivity contribution in [3.8, 4) is 0 Å². The molecule has 1 aliphatic carbocycles. The average Bonchev–Trinajstić information content (AvgIpc) is 3.44. The number of rotatable bonds is 7. The number of sulfonamides is 1. The van der Waals surface area contributed by atoms with E-state index in [0.29, 0.717) is 29.3 Å². The van der Waals surface area contributed by atoms with Gasteiger partial charge in [0.2, 0.25) is 0 Å². The maximum absolute atomic E-state index is 13.2. The molecule has 2 aromatic rings. The van der Waals surface area contributed by atoms with Crippen LogP contribution in [0.3, 0.4) is 0 Å². The summed E-state index contributed by atoms with van der Waals surface area (Å²) in [4.78, 5) is 12.1. The second-order valence-corrected chi connectivity index (χ2v) is 8.45. The van der Waals surface area contributed by atoms with Crippen LogP contribution in [-0.4, -0.2) is 26.9 Å². The third-order valence-corrected chi connectivity index (χ3v) is 6.09. The van der Waals surface area contributed by atoms with Crippen molar-refractivity contribution >= 4 is 34.0 Å². The normalized spacial score (nSPS) is 14.7. The molecule has 0 radical (unpaired) electrons. The molecule has 28 heavy (non-hydrogen) atoms. The van der Waals surface area contributed by atoms with E-state index in [1.54, 1.807) is 0 Å². The Bertz CT molecular complexity index is 947. The fourth-order valence-electron chi connectivity index (χ4n) is 2.82. The van der Waals surface area contributed by atoms with Crippen molar-refractivity contribution in [3.05, 3.63) is 59.4 Å². The van der Waals surface area contributed by atoms with Crippen LogP contribution in [0.25, 0.3) is 0 Å². The standard InChI is InChI=1S/C19H22FN3O3S.ClH/c1-12-10-15(20)6-9-18(12)27(25,26)23-16-7-4-14(5-8-16)19(24)22-11-17(21)13-2-3-13;/h4-10,13,17,23H,2-3,11,21H2,1H3,(H,22,24);1H. The molecule has 2 aromatic carbocycles. The molecule has 0 aliphatic heterocycles. The van der Waals surface area contributed by atoms with Gasteiger partial charge in [-0.05, 0) is 73.7 Å². The van der Waals surface area contributed by atoms with Crippen molar-refractivity contribution in [1.82, 2.24) is 5.32 Å². The van der Waals surface area contributed by atoms with Crippen LogP contribution in [0, 0.1) is 18.7 Å². The Morgan fingerprint density at radius 1 is 1.21 bits per heavy atom. The van der Waals surface area contributed by atoms with Crippen LogP contribution in [0.4, 0.5) is 10.1 Å². The number of halogens is 2. The summed E-state index contributed by atoms with van der Waals surface area (Å²) in [5, 5.41) is 2.79. The van der Waals surface area contributed by atoms with Crippen molar-refractivity contribution in [2.45, 2.75) is 30.7 Å². The molecule has 1 aliphatic rings. The van der Waals surface area contributed by atoms with Gasteiger partial charge in [-0.25, -0.2) is 12.8 Å². The van der Waals surface area contributed by atoms with Crippen molar-refractivity contribution in [3.63, 3.8) is 0 Å². The van der Waals surface area contributed by atoms with Crippen molar-refractivity contribution < 1.29 is 17.6 Å². The second kappa shape index (κ2) is 8.89. The molecule has 1 saturated carbocycles. The summed E-state index contributed by atoms with van der Waals surface area (Å²) in [5.74, 6) is -0.255. The topological polar surface area (TPSA) is 101 Å². The first-order chi connectivity index (χ1) is 12.8. The van der Waals surface area contributed by atoms with E-state index < -0.39 is 15.8 Å². The molecular weight excluding hydrogens is 405 g/mol. The van der Waals surface area contributed by atoms with Gasteiger partial charge in [-0.3, -0.25) is 9.52 Å². The highest BCUT2D eigenvalue weighted by Gasteiger charge is 2.28. The first-order valence-corrected chi connectivity index (χ1v) is 10.2. The van der Waals surface area contributed by atoms with E-state index in [0.717, 1.165) is 25.0 Å². The minimum atomic E-state index is -3.85.